The third kappa shape index (κ3) is 2.42. The van der Waals surface area contributed by atoms with Gasteiger partial charge < -0.3 is 5.11 Å². The van der Waals surface area contributed by atoms with Crippen molar-refractivity contribution < 1.29 is 9.90 Å². The minimum atomic E-state index is -0.938. The summed E-state index contributed by atoms with van der Waals surface area (Å²) in [6, 6.07) is 5.36. The zero-order valence-electron chi connectivity index (χ0n) is 11.1. The van der Waals surface area contributed by atoms with Gasteiger partial charge in [-0.05, 0) is 54.4 Å². The highest BCUT2D eigenvalue weighted by atomic mass is 79.9. The summed E-state index contributed by atoms with van der Waals surface area (Å²) in [4.78, 5) is 11.2. The lowest BCUT2D eigenvalue weighted by molar-refractivity contribution is 0.0696. The fourth-order valence-electron chi connectivity index (χ4n) is 2.27. The predicted octanol–water partition coefficient (Wildman–Crippen LogP) is 3.65. The van der Waals surface area contributed by atoms with Crippen LogP contribution in [0, 0.1) is 13.8 Å². The van der Waals surface area contributed by atoms with E-state index < -0.39 is 5.97 Å². The molecular formula is C14H15BrN2O2. The molecule has 0 spiro atoms. The minimum absolute atomic E-state index is 0.264. The van der Waals surface area contributed by atoms with E-state index in [1.54, 1.807) is 12.1 Å². The number of halogens is 1. The maximum atomic E-state index is 11.2. The Labute approximate surface area is 120 Å². The first-order valence-corrected chi connectivity index (χ1v) is 6.82. The normalized spacial score (nSPS) is 10.7. The van der Waals surface area contributed by atoms with Crippen LogP contribution in [0.4, 0.5) is 0 Å². The van der Waals surface area contributed by atoms with E-state index >= 15 is 0 Å². The van der Waals surface area contributed by atoms with Gasteiger partial charge in [-0.15, -0.1) is 0 Å². The number of carboxylic acid groups (broad SMARTS) is 1. The molecule has 0 atom stereocenters. The zero-order chi connectivity index (χ0) is 14.2. The van der Waals surface area contributed by atoms with Crippen molar-refractivity contribution >= 4 is 21.9 Å². The van der Waals surface area contributed by atoms with Crippen LogP contribution in [-0.4, -0.2) is 20.9 Å². The van der Waals surface area contributed by atoms with Gasteiger partial charge in [-0.1, -0.05) is 6.07 Å². The molecule has 5 heteroatoms. The SMILES string of the molecule is CCn1nc(C)c(-c2ccc(Br)c(C(=O)O)c2)c1C. The molecule has 2 aromatic rings. The topological polar surface area (TPSA) is 55.1 Å². The summed E-state index contributed by atoms with van der Waals surface area (Å²) in [5.41, 5.74) is 4.13. The summed E-state index contributed by atoms with van der Waals surface area (Å²) in [5, 5.41) is 13.6. The Morgan fingerprint density at radius 3 is 2.63 bits per heavy atom. The lowest BCUT2D eigenvalue weighted by Crippen LogP contribution is -1.99. The van der Waals surface area contributed by atoms with E-state index in [1.807, 2.05) is 31.5 Å². The van der Waals surface area contributed by atoms with Crippen molar-refractivity contribution in [2.75, 3.05) is 0 Å². The predicted molar refractivity (Wildman–Crippen MR) is 77.5 cm³/mol. The molecule has 1 N–H and O–H groups in total. The van der Waals surface area contributed by atoms with Crippen molar-refractivity contribution in [1.82, 2.24) is 9.78 Å². The first-order chi connectivity index (χ1) is 8.95. The van der Waals surface area contributed by atoms with E-state index in [0.29, 0.717) is 4.47 Å². The fourth-order valence-corrected chi connectivity index (χ4v) is 2.68. The molecule has 19 heavy (non-hydrogen) atoms. The van der Waals surface area contributed by atoms with Gasteiger partial charge in [0, 0.05) is 22.3 Å². The first-order valence-electron chi connectivity index (χ1n) is 6.03. The summed E-state index contributed by atoms with van der Waals surface area (Å²) in [7, 11) is 0. The lowest BCUT2D eigenvalue weighted by Gasteiger charge is -2.06. The number of hydrogen-bond donors (Lipinski definition) is 1. The fraction of sp³-hybridized carbons (Fsp3) is 0.286. The van der Waals surface area contributed by atoms with E-state index in [0.717, 1.165) is 29.1 Å². The second-order valence-electron chi connectivity index (χ2n) is 4.36. The van der Waals surface area contributed by atoms with Crippen molar-refractivity contribution in [2.24, 2.45) is 0 Å². The van der Waals surface area contributed by atoms with Crippen LogP contribution in [0.25, 0.3) is 11.1 Å². The van der Waals surface area contributed by atoms with Crippen LogP contribution in [-0.2, 0) is 6.54 Å². The largest absolute Gasteiger partial charge is 0.478 e. The van der Waals surface area contributed by atoms with Gasteiger partial charge in [0.1, 0.15) is 0 Å². The molecule has 0 unspecified atom stereocenters. The number of rotatable bonds is 3. The number of benzene rings is 1. The first kappa shape index (κ1) is 13.8. The van der Waals surface area contributed by atoms with Crippen LogP contribution >= 0.6 is 15.9 Å². The van der Waals surface area contributed by atoms with Crippen LogP contribution in [0.5, 0.6) is 0 Å². The van der Waals surface area contributed by atoms with Gasteiger partial charge in [-0.3, -0.25) is 4.68 Å². The van der Waals surface area contributed by atoms with Crippen molar-refractivity contribution in [2.45, 2.75) is 27.3 Å². The molecule has 0 fully saturated rings. The summed E-state index contributed by atoms with van der Waals surface area (Å²) in [5.74, 6) is -0.938. The van der Waals surface area contributed by atoms with Crippen molar-refractivity contribution in [3.63, 3.8) is 0 Å². The van der Waals surface area contributed by atoms with Gasteiger partial charge in [0.2, 0.25) is 0 Å². The molecule has 0 bridgehead atoms. The Hall–Kier alpha value is -1.62. The number of aryl methyl sites for hydroxylation is 2. The van der Waals surface area contributed by atoms with Gasteiger partial charge in [-0.25, -0.2) is 4.79 Å². The molecule has 0 amide bonds. The summed E-state index contributed by atoms with van der Waals surface area (Å²) < 4.78 is 2.51. The van der Waals surface area contributed by atoms with Gasteiger partial charge in [-0.2, -0.15) is 5.10 Å². The van der Waals surface area contributed by atoms with Crippen LogP contribution in [0.3, 0.4) is 0 Å². The minimum Gasteiger partial charge on any atom is -0.478 e. The molecule has 100 valence electrons. The number of aromatic nitrogens is 2. The number of hydrogen-bond acceptors (Lipinski definition) is 2. The Morgan fingerprint density at radius 2 is 2.11 bits per heavy atom. The maximum Gasteiger partial charge on any atom is 0.336 e. The summed E-state index contributed by atoms with van der Waals surface area (Å²) in [6.07, 6.45) is 0. The standard InChI is InChI=1S/C14H15BrN2O2/c1-4-17-9(3)13(8(2)16-17)10-5-6-12(15)11(7-10)14(18)19/h5-7H,4H2,1-3H3,(H,18,19). The number of carboxylic acids is 1. The molecule has 0 aliphatic heterocycles. The van der Waals surface area contributed by atoms with E-state index in [9.17, 15) is 9.90 Å². The van der Waals surface area contributed by atoms with Crippen LogP contribution in [0.2, 0.25) is 0 Å². The van der Waals surface area contributed by atoms with E-state index in [4.69, 9.17) is 0 Å². The second kappa shape index (κ2) is 5.17. The van der Waals surface area contributed by atoms with E-state index in [1.165, 1.54) is 0 Å². The van der Waals surface area contributed by atoms with E-state index in [-0.39, 0.29) is 5.56 Å². The second-order valence-corrected chi connectivity index (χ2v) is 5.22. The molecule has 1 aromatic heterocycles. The highest BCUT2D eigenvalue weighted by Gasteiger charge is 2.16. The van der Waals surface area contributed by atoms with Gasteiger partial charge in [0.15, 0.2) is 0 Å². The smallest absolute Gasteiger partial charge is 0.336 e. The van der Waals surface area contributed by atoms with Crippen molar-refractivity contribution in [3.05, 3.63) is 39.6 Å². The lowest BCUT2D eigenvalue weighted by atomic mass is 10.0. The monoisotopic (exact) mass is 322 g/mol. The van der Waals surface area contributed by atoms with Gasteiger partial charge in [0.25, 0.3) is 0 Å². The van der Waals surface area contributed by atoms with Crippen molar-refractivity contribution in [3.8, 4) is 11.1 Å². The molecule has 0 saturated carbocycles. The molecule has 1 aromatic carbocycles. The number of carbonyl (C=O) groups is 1. The summed E-state index contributed by atoms with van der Waals surface area (Å²) in [6.45, 7) is 6.78. The maximum absolute atomic E-state index is 11.2. The highest BCUT2D eigenvalue weighted by Crippen LogP contribution is 2.30. The third-order valence-corrected chi connectivity index (χ3v) is 3.86. The molecule has 0 saturated heterocycles. The third-order valence-electron chi connectivity index (χ3n) is 3.17. The molecule has 0 radical (unpaired) electrons. The summed E-state index contributed by atoms with van der Waals surface area (Å²) >= 11 is 3.26. The van der Waals surface area contributed by atoms with Crippen molar-refractivity contribution in [1.29, 1.82) is 0 Å². The number of aromatic carboxylic acids is 1. The molecular weight excluding hydrogens is 308 g/mol. The van der Waals surface area contributed by atoms with E-state index in [2.05, 4.69) is 21.0 Å². The average molecular weight is 323 g/mol. The van der Waals surface area contributed by atoms with Crippen LogP contribution in [0.1, 0.15) is 28.7 Å². The Kier molecular flexibility index (Phi) is 3.75. The Balaban J connectivity index is 2.63. The molecule has 2 rings (SSSR count). The van der Waals surface area contributed by atoms with Gasteiger partial charge >= 0.3 is 5.97 Å². The molecule has 4 nitrogen and oxygen atoms in total. The Morgan fingerprint density at radius 1 is 1.42 bits per heavy atom. The quantitative estimate of drug-likeness (QED) is 0.938. The van der Waals surface area contributed by atoms with Crippen LogP contribution in [0.15, 0.2) is 22.7 Å². The van der Waals surface area contributed by atoms with Crippen LogP contribution < -0.4 is 0 Å². The molecule has 1 heterocycles. The Bertz CT molecular complexity index is 647. The zero-order valence-corrected chi connectivity index (χ0v) is 12.7. The molecule has 0 aliphatic carbocycles. The average Bonchev–Trinajstić information content (AvgIpc) is 2.65. The number of nitrogens with zero attached hydrogens (tertiary/aromatic N) is 2. The highest BCUT2D eigenvalue weighted by molar-refractivity contribution is 9.10. The molecule has 0 aliphatic rings. The van der Waals surface area contributed by atoms with Gasteiger partial charge in [0.05, 0.1) is 11.3 Å².